The molecule has 1 fully saturated rings. The van der Waals surface area contributed by atoms with E-state index in [1.165, 1.54) is 6.33 Å². The van der Waals surface area contributed by atoms with Gasteiger partial charge in [0.05, 0.1) is 6.10 Å². The second-order valence-electron chi connectivity index (χ2n) is 6.37. The van der Waals surface area contributed by atoms with Crippen molar-refractivity contribution in [3.63, 3.8) is 0 Å². The summed E-state index contributed by atoms with van der Waals surface area (Å²) in [5.74, 6) is 1.72. The van der Waals surface area contributed by atoms with Gasteiger partial charge < -0.3 is 15.8 Å². The summed E-state index contributed by atoms with van der Waals surface area (Å²) in [6, 6.07) is 0.353. The molecule has 3 N–H and O–H groups in total. The van der Waals surface area contributed by atoms with E-state index in [0.29, 0.717) is 23.9 Å². The van der Waals surface area contributed by atoms with Gasteiger partial charge in [-0.15, -0.1) is 0 Å². The van der Waals surface area contributed by atoms with Gasteiger partial charge in [-0.05, 0) is 19.3 Å². The third kappa shape index (κ3) is 2.59. The van der Waals surface area contributed by atoms with Crippen LogP contribution in [0.2, 0.25) is 0 Å². The quantitative estimate of drug-likeness (QED) is 0.866. The molecule has 5 nitrogen and oxygen atoms in total. The summed E-state index contributed by atoms with van der Waals surface area (Å²) in [4.78, 5) is 8.47. The Labute approximate surface area is 121 Å². The maximum atomic E-state index is 5.98. The lowest BCUT2D eigenvalue weighted by Gasteiger charge is -2.52. The summed E-state index contributed by atoms with van der Waals surface area (Å²) in [7, 11) is 0. The summed E-state index contributed by atoms with van der Waals surface area (Å²) in [6.07, 6.45) is 2.84. The number of hydrogen-bond donors (Lipinski definition) is 2. The van der Waals surface area contributed by atoms with Gasteiger partial charge >= 0.3 is 0 Å². The minimum absolute atomic E-state index is 0.101. The molecule has 0 radical (unpaired) electrons. The monoisotopic (exact) mass is 278 g/mol. The predicted octanol–water partition coefficient (Wildman–Crippen LogP) is 2.80. The Bertz CT molecular complexity index is 473. The predicted molar refractivity (Wildman–Crippen MR) is 81.8 cm³/mol. The Morgan fingerprint density at radius 1 is 1.45 bits per heavy atom. The van der Waals surface area contributed by atoms with Crippen LogP contribution in [-0.2, 0) is 4.74 Å². The average molecular weight is 278 g/mol. The molecule has 1 aliphatic rings. The minimum Gasteiger partial charge on any atom is -0.383 e. The Kier molecular flexibility index (Phi) is 4.18. The highest BCUT2D eigenvalue weighted by Crippen LogP contribution is 2.44. The van der Waals surface area contributed by atoms with E-state index in [2.05, 4.69) is 43.0 Å². The minimum atomic E-state index is 0.101. The van der Waals surface area contributed by atoms with Crippen molar-refractivity contribution in [3.05, 3.63) is 11.9 Å². The number of nitrogens with two attached hydrogens (primary N) is 1. The van der Waals surface area contributed by atoms with Crippen LogP contribution in [0.4, 0.5) is 11.6 Å². The summed E-state index contributed by atoms with van der Waals surface area (Å²) < 4.78 is 5.76. The van der Waals surface area contributed by atoms with Crippen LogP contribution in [0.5, 0.6) is 0 Å². The number of aromatic nitrogens is 2. The molecule has 0 aliphatic heterocycles. The molecular weight excluding hydrogens is 252 g/mol. The Balaban J connectivity index is 2.15. The molecule has 1 aromatic heterocycles. The number of hydrogen-bond acceptors (Lipinski definition) is 5. The number of anilines is 2. The largest absolute Gasteiger partial charge is 0.383 e. The van der Waals surface area contributed by atoms with Gasteiger partial charge in [0.25, 0.3) is 0 Å². The van der Waals surface area contributed by atoms with Crippen LogP contribution < -0.4 is 11.1 Å². The third-order valence-electron chi connectivity index (χ3n) is 4.35. The van der Waals surface area contributed by atoms with Crippen LogP contribution in [0.25, 0.3) is 0 Å². The Morgan fingerprint density at radius 3 is 2.70 bits per heavy atom. The first-order valence-corrected chi connectivity index (χ1v) is 7.36. The van der Waals surface area contributed by atoms with Crippen molar-refractivity contribution < 1.29 is 4.74 Å². The Morgan fingerprint density at radius 2 is 2.15 bits per heavy atom. The third-order valence-corrected chi connectivity index (χ3v) is 4.35. The molecule has 1 aromatic rings. The van der Waals surface area contributed by atoms with Gasteiger partial charge in [-0.25, -0.2) is 9.97 Å². The number of nitrogens with zero attached hydrogens (tertiary/aromatic N) is 2. The van der Waals surface area contributed by atoms with Crippen LogP contribution >= 0.6 is 0 Å². The molecule has 2 rings (SSSR count). The van der Waals surface area contributed by atoms with Crippen LogP contribution in [0.15, 0.2) is 6.33 Å². The molecule has 1 aliphatic carbocycles. The van der Waals surface area contributed by atoms with Crippen molar-refractivity contribution in [2.75, 3.05) is 17.7 Å². The van der Waals surface area contributed by atoms with E-state index in [-0.39, 0.29) is 5.41 Å². The van der Waals surface area contributed by atoms with Gasteiger partial charge in [0, 0.05) is 23.6 Å². The lowest BCUT2D eigenvalue weighted by molar-refractivity contribution is -0.0976. The first kappa shape index (κ1) is 15.0. The molecule has 1 heterocycles. The van der Waals surface area contributed by atoms with Gasteiger partial charge in [0.1, 0.15) is 18.0 Å². The normalized spacial score (nSPS) is 24.5. The molecule has 0 saturated heterocycles. The van der Waals surface area contributed by atoms with Crippen LogP contribution in [0, 0.1) is 5.41 Å². The van der Waals surface area contributed by atoms with Gasteiger partial charge in [0.15, 0.2) is 0 Å². The molecule has 0 amide bonds. The molecule has 0 bridgehead atoms. The van der Waals surface area contributed by atoms with Crippen molar-refractivity contribution >= 4 is 11.6 Å². The maximum Gasteiger partial charge on any atom is 0.135 e. The molecule has 2 atom stereocenters. The number of nitrogens with one attached hydrogen (secondary N) is 1. The summed E-state index contributed by atoms with van der Waals surface area (Å²) >= 11 is 0. The molecule has 5 heteroatoms. The highest BCUT2D eigenvalue weighted by molar-refractivity contribution is 5.57. The van der Waals surface area contributed by atoms with E-state index >= 15 is 0 Å². The van der Waals surface area contributed by atoms with Crippen LogP contribution in [0.3, 0.4) is 0 Å². The van der Waals surface area contributed by atoms with E-state index in [9.17, 15) is 0 Å². The highest BCUT2D eigenvalue weighted by Gasteiger charge is 2.49. The van der Waals surface area contributed by atoms with Crippen molar-refractivity contribution in [2.24, 2.45) is 5.41 Å². The lowest BCUT2D eigenvalue weighted by Crippen LogP contribution is -2.58. The van der Waals surface area contributed by atoms with E-state index < -0.39 is 0 Å². The van der Waals surface area contributed by atoms with Gasteiger partial charge in [-0.3, -0.25) is 0 Å². The van der Waals surface area contributed by atoms with Crippen LogP contribution in [0.1, 0.15) is 52.5 Å². The molecule has 2 unspecified atom stereocenters. The summed E-state index contributed by atoms with van der Waals surface area (Å²) in [5, 5.41) is 3.54. The molecular formula is C15H26N4O. The van der Waals surface area contributed by atoms with Crippen molar-refractivity contribution in [2.45, 2.75) is 59.1 Å². The zero-order valence-corrected chi connectivity index (χ0v) is 13.1. The highest BCUT2D eigenvalue weighted by atomic mass is 16.5. The standard InChI is InChI=1S/C15H26N4O/c1-6-20-11-7-10(15(11,4)5)19-14-12(9(2)3)13(16)17-8-18-14/h8-11H,6-7H2,1-5H3,(H3,16,17,18,19). The van der Waals surface area contributed by atoms with Gasteiger partial charge in [-0.1, -0.05) is 27.7 Å². The second-order valence-corrected chi connectivity index (χ2v) is 6.37. The van der Waals surface area contributed by atoms with Crippen LogP contribution in [-0.4, -0.2) is 28.7 Å². The van der Waals surface area contributed by atoms with Gasteiger partial charge in [0.2, 0.25) is 0 Å². The summed E-state index contributed by atoms with van der Waals surface area (Å²) in [5.41, 5.74) is 7.09. The van der Waals surface area contributed by atoms with Crippen molar-refractivity contribution in [1.82, 2.24) is 9.97 Å². The first-order valence-electron chi connectivity index (χ1n) is 7.36. The van der Waals surface area contributed by atoms with E-state index in [1.807, 2.05) is 6.92 Å². The number of ether oxygens (including phenoxy) is 1. The Hall–Kier alpha value is -1.36. The van der Waals surface area contributed by atoms with Gasteiger partial charge in [-0.2, -0.15) is 0 Å². The first-order chi connectivity index (χ1) is 9.37. The molecule has 112 valence electrons. The molecule has 0 aromatic carbocycles. The fraction of sp³-hybridized carbons (Fsp3) is 0.733. The maximum absolute atomic E-state index is 5.98. The topological polar surface area (TPSA) is 73.1 Å². The van der Waals surface area contributed by atoms with E-state index in [1.54, 1.807) is 0 Å². The average Bonchev–Trinajstić information content (AvgIpc) is 2.37. The zero-order chi connectivity index (χ0) is 14.9. The fourth-order valence-electron chi connectivity index (χ4n) is 2.87. The summed E-state index contributed by atoms with van der Waals surface area (Å²) in [6.45, 7) is 11.5. The second kappa shape index (κ2) is 5.56. The smallest absolute Gasteiger partial charge is 0.135 e. The SMILES string of the molecule is CCOC1CC(Nc2ncnc(N)c2C(C)C)C1(C)C. The molecule has 20 heavy (non-hydrogen) atoms. The fourth-order valence-corrected chi connectivity index (χ4v) is 2.87. The number of nitrogen functional groups attached to an aromatic ring is 1. The lowest BCUT2D eigenvalue weighted by atomic mass is 9.64. The molecule has 1 saturated carbocycles. The van der Waals surface area contributed by atoms with E-state index in [0.717, 1.165) is 24.4 Å². The molecule has 0 spiro atoms. The number of rotatable bonds is 5. The van der Waals surface area contributed by atoms with E-state index in [4.69, 9.17) is 10.5 Å². The van der Waals surface area contributed by atoms with Crippen molar-refractivity contribution in [3.8, 4) is 0 Å². The van der Waals surface area contributed by atoms with Crippen molar-refractivity contribution in [1.29, 1.82) is 0 Å². The zero-order valence-electron chi connectivity index (χ0n) is 13.1.